The Bertz CT molecular complexity index is 103. The Morgan fingerprint density at radius 2 is 0.400 bits per heavy atom. The SMILES string of the molecule is [C-]#N.[C-]#N.[C-]#N.[C-]#N.[C-]#N.[C-]#N.[Cu+2].[Fe+3].[K+]. The monoisotopic (exact) mass is 314 g/mol. The van der Waals surface area contributed by atoms with Crippen molar-refractivity contribution >= 4 is 0 Å². The Hall–Kier alpha value is -0.385. The van der Waals surface area contributed by atoms with Gasteiger partial charge in [0.2, 0.25) is 0 Å². The zero-order valence-corrected chi connectivity index (χ0v) is 12.5. The quantitative estimate of drug-likeness (QED) is 0.359. The van der Waals surface area contributed by atoms with E-state index >= 15 is 0 Å². The topological polar surface area (TPSA) is 143 Å². The fraction of sp³-hybridized carbons (Fsp3) is 0. The first-order valence-electron chi connectivity index (χ1n) is 1.34. The van der Waals surface area contributed by atoms with Crippen molar-refractivity contribution in [3.05, 3.63) is 39.4 Å². The summed E-state index contributed by atoms with van der Waals surface area (Å²) in [7, 11) is 0. The predicted molar refractivity (Wildman–Crippen MR) is 29.8 cm³/mol. The third-order valence-corrected chi connectivity index (χ3v) is 0. The largest absolute Gasteiger partial charge is 3.00 e. The van der Waals surface area contributed by atoms with Crippen LogP contribution in [0.5, 0.6) is 0 Å². The fourth-order valence-electron chi connectivity index (χ4n) is 0. The molecule has 9 heteroatoms. The molecule has 0 aromatic rings. The molecule has 0 aliphatic rings. The molecule has 6 nitrogen and oxygen atoms in total. The molecule has 15 heavy (non-hydrogen) atoms. The van der Waals surface area contributed by atoms with Crippen molar-refractivity contribution in [2.45, 2.75) is 0 Å². The van der Waals surface area contributed by atoms with Crippen LogP contribution in [0.15, 0.2) is 0 Å². The van der Waals surface area contributed by atoms with Crippen LogP contribution in [-0.4, -0.2) is 0 Å². The van der Waals surface area contributed by atoms with E-state index in [2.05, 4.69) is 0 Å². The van der Waals surface area contributed by atoms with E-state index in [-0.39, 0.29) is 85.5 Å². The van der Waals surface area contributed by atoms with Crippen LogP contribution in [0.25, 0.3) is 0 Å². The Morgan fingerprint density at radius 1 is 0.400 bits per heavy atom. The molecule has 0 heterocycles. The molecular formula is C6CuFeKN6. The van der Waals surface area contributed by atoms with Crippen molar-refractivity contribution in [2.24, 2.45) is 0 Å². The van der Waals surface area contributed by atoms with E-state index in [0.717, 1.165) is 0 Å². The molecule has 0 aromatic carbocycles. The summed E-state index contributed by atoms with van der Waals surface area (Å²) >= 11 is 0. The van der Waals surface area contributed by atoms with Gasteiger partial charge in [0.1, 0.15) is 0 Å². The van der Waals surface area contributed by atoms with Crippen molar-refractivity contribution in [1.82, 2.24) is 0 Å². The Balaban J connectivity index is -0.00000000396. The summed E-state index contributed by atoms with van der Waals surface area (Å²) < 4.78 is 0. The average Bonchev–Trinajstić information content (AvgIpc) is 2.33. The van der Waals surface area contributed by atoms with Gasteiger partial charge in [-0.25, -0.2) is 0 Å². The average molecular weight is 315 g/mol. The number of rotatable bonds is 0. The molecule has 2 radical (unpaired) electrons. The summed E-state index contributed by atoms with van der Waals surface area (Å²) in [6, 6.07) is 0. The van der Waals surface area contributed by atoms with Gasteiger partial charge in [0.05, 0.1) is 0 Å². The van der Waals surface area contributed by atoms with E-state index in [1.54, 1.807) is 0 Å². The summed E-state index contributed by atoms with van der Waals surface area (Å²) in [4.78, 5) is 0. The van der Waals surface area contributed by atoms with Crippen molar-refractivity contribution in [3.8, 4) is 0 Å². The third kappa shape index (κ3) is 12400. The van der Waals surface area contributed by atoms with E-state index in [0.29, 0.717) is 0 Å². The standard InChI is InChI=1S/6CN.Cu.Fe.K/c6*1-2;;;/q6*-1;+2;+3;+1. The first-order valence-corrected chi connectivity index (χ1v) is 1.34. The molecule has 0 N–H and O–H groups in total. The van der Waals surface area contributed by atoms with Crippen molar-refractivity contribution in [3.63, 3.8) is 0 Å². The summed E-state index contributed by atoms with van der Waals surface area (Å²) in [5.74, 6) is 0. The molecule has 0 fully saturated rings. The van der Waals surface area contributed by atoms with Crippen LogP contribution < -0.4 is 51.4 Å². The van der Waals surface area contributed by atoms with Gasteiger partial charge in [0, 0.05) is 0 Å². The molecule has 0 spiro atoms. The zero-order valence-electron chi connectivity index (χ0n) is 7.34. The first-order chi connectivity index (χ1) is 6.00. The second-order valence-electron chi connectivity index (χ2n) is 0. The van der Waals surface area contributed by atoms with E-state index in [4.69, 9.17) is 71.0 Å². The normalized spacial score (nSPS) is 0.800. The van der Waals surface area contributed by atoms with E-state index < -0.39 is 0 Å². The molecule has 0 rings (SSSR count). The minimum atomic E-state index is 0. The molecule has 0 atom stereocenters. The smallest absolute Gasteiger partial charge is 0.512 e. The molecule has 0 aliphatic carbocycles. The zero-order chi connectivity index (χ0) is 12.0. The molecule has 0 aliphatic heterocycles. The summed E-state index contributed by atoms with van der Waals surface area (Å²) in [6.45, 7) is 28.5. The molecule has 0 saturated heterocycles. The van der Waals surface area contributed by atoms with Crippen LogP contribution in [0.3, 0.4) is 0 Å². The molecular weight excluding hydrogens is 315 g/mol. The molecule has 74 valence electrons. The van der Waals surface area contributed by atoms with E-state index in [1.165, 1.54) is 0 Å². The predicted octanol–water partition coefficient (Wildman–Crippen LogP) is -2.42. The summed E-state index contributed by atoms with van der Waals surface area (Å²) in [6.07, 6.45) is 0. The van der Waals surface area contributed by atoms with Gasteiger partial charge in [-0.1, -0.05) is 0 Å². The van der Waals surface area contributed by atoms with Gasteiger partial charge < -0.3 is 71.0 Å². The van der Waals surface area contributed by atoms with Gasteiger partial charge in [-0.05, 0) is 0 Å². The van der Waals surface area contributed by atoms with Crippen LogP contribution in [0.2, 0.25) is 0 Å². The van der Waals surface area contributed by atoms with Crippen LogP contribution >= 0.6 is 0 Å². The Labute approximate surface area is 154 Å². The minimum Gasteiger partial charge on any atom is -0.512 e. The minimum absolute atomic E-state index is 0. The number of nitrogens with zero attached hydrogens (tertiary/aromatic N) is 6. The maximum Gasteiger partial charge on any atom is 3.00 e. The van der Waals surface area contributed by atoms with Crippen molar-refractivity contribution in [1.29, 1.82) is 31.6 Å². The second-order valence-corrected chi connectivity index (χ2v) is 0. The van der Waals surface area contributed by atoms with Gasteiger partial charge in [0.25, 0.3) is 0 Å². The third-order valence-electron chi connectivity index (χ3n) is 0. The van der Waals surface area contributed by atoms with Crippen LogP contribution in [0.4, 0.5) is 0 Å². The summed E-state index contributed by atoms with van der Waals surface area (Å²) in [5.41, 5.74) is 0. The van der Waals surface area contributed by atoms with E-state index in [9.17, 15) is 0 Å². The van der Waals surface area contributed by atoms with Crippen LogP contribution in [-0.2, 0) is 34.1 Å². The molecule has 0 saturated carbocycles. The molecule has 0 bridgehead atoms. The van der Waals surface area contributed by atoms with E-state index in [1.807, 2.05) is 0 Å². The number of hydrogen-bond donors (Lipinski definition) is 0. The Morgan fingerprint density at radius 3 is 0.400 bits per heavy atom. The van der Waals surface area contributed by atoms with Crippen LogP contribution in [0.1, 0.15) is 0 Å². The van der Waals surface area contributed by atoms with Gasteiger partial charge in [-0.2, -0.15) is 0 Å². The maximum absolute atomic E-state index is 6.25. The van der Waals surface area contributed by atoms with Gasteiger partial charge >= 0.3 is 85.5 Å². The van der Waals surface area contributed by atoms with Gasteiger partial charge in [0.15, 0.2) is 0 Å². The number of hydrogen-bond acceptors (Lipinski definition) is 6. The van der Waals surface area contributed by atoms with Gasteiger partial charge in [-0.15, -0.1) is 0 Å². The molecule has 0 aromatic heterocycles. The second kappa shape index (κ2) is 14600. The van der Waals surface area contributed by atoms with Crippen molar-refractivity contribution in [2.75, 3.05) is 0 Å². The maximum atomic E-state index is 6.25. The molecule has 0 amide bonds. The fourth-order valence-corrected chi connectivity index (χ4v) is 0. The van der Waals surface area contributed by atoms with Crippen LogP contribution in [0, 0.1) is 71.0 Å². The van der Waals surface area contributed by atoms with Gasteiger partial charge in [-0.3, -0.25) is 0 Å². The van der Waals surface area contributed by atoms with Crippen molar-refractivity contribution < 1.29 is 85.5 Å². The molecule has 0 unspecified atom stereocenters. The Kier molecular flexibility index (Phi) is 83900. The summed E-state index contributed by atoms with van der Waals surface area (Å²) in [5, 5.41) is 37.5. The first kappa shape index (κ1) is 85.9.